The van der Waals surface area contributed by atoms with Crippen LogP contribution in [0.25, 0.3) is 0 Å². The van der Waals surface area contributed by atoms with Gasteiger partial charge in [-0.05, 0) is 51.2 Å². The first kappa shape index (κ1) is 23.1. The molecule has 3 rings (SSSR count). The van der Waals surface area contributed by atoms with Gasteiger partial charge in [0, 0.05) is 0 Å². The molecule has 1 saturated heterocycles. The van der Waals surface area contributed by atoms with Gasteiger partial charge in [0.25, 0.3) is 11.8 Å². The van der Waals surface area contributed by atoms with Gasteiger partial charge in [-0.2, -0.15) is 18.4 Å². The van der Waals surface area contributed by atoms with E-state index in [0.717, 1.165) is 12.1 Å². The average Bonchev–Trinajstić information content (AvgIpc) is 2.85. The Kier molecular flexibility index (Phi) is 5.43. The van der Waals surface area contributed by atoms with E-state index in [4.69, 9.17) is 23.2 Å². The number of hydrogen-bond acceptors (Lipinski definition) is 5. The number of nitrogens with two attached hydrogens (primary N) is 1. The summed E-state index contributed by atoms with van der Waals surface area (Å²) in [6.45, 7) is 4.40. The predicted octanol–water partition coefficient (Wildman–Crippen LogP) is 3.44. The lowest BCUT2D eigenvalue weighted by Gasteiger charge is -2.29. The second-order valence-corrected chi connectivity index (χ2v) is 7.80. The molecule has 2 amide bonds. The minimum absolute atomic E-state index is 0.0518. The summed E-state index contributed by atoms with van der Waals surface area (Å²) in [5.41, 5.74) is 0.936. The summed E-state index contributed by atoms with van der Waals surface area (Å²) in [5, 5.41) is 8.62. The molecule has 0 unspecified atom stereocenters. The van der Waals surface area contributed by atoms with Crippen LogP contribution in [0, 0.1) is 24.1 Å². The third-order valence-corrected chi connectivity index (χ3v) is 5.40. The molecule has 0 radical (unpaired) electrons. The molecule has 0 atom stereocenters. The van der Waals surface area contributed by atoms with E-state index < -0.39 is 46.2 Å². The largest absolute Gasteiger partial charge is 0.420 e. The number of carbonyl (C=O) groups excluding carboxylic acids is 2. The van der Waals surface area contributed by atoms with Crippen molar-refractivity contribution in [1.82, 2.24) is 4.98 Å². The average molecular weight is 465 g/mol. The maximum atomic E-state index is 15.0. The van der Waals surface area contributed by atoms with Crippen LogP contribution >= 0.6 is 12.2 Å². The molecule has 1 aromatic carbocycles. The lowest BCUT2D eigenvalue weighted by molar-refractivity contribution is -0.140. The van der Waals surface area contributed by atoms with Crippen molar-refractivity contribution in [3.05, 3.63) is 52.6 Å². The number of alkyl halides is 3. The van der Waals surface area contributed by atoms with Gasteiger partial charge in [-0.1, -0.05) is 0 Å². The van der Waals surface area contributed by atoms with Crippen LogP contribution in [0.3, 0.4) is 0 Å². The smallest absolute Gasteiger partial charge is 0.366 e. The Hall–Kier alpha value is -3.59. The first-order valence-electron chi connectivity index (χ1n) is 8.98. The van der Waals surface area contributed by atoms with Crippen LogP contribution < -0.4 is 15.5 Å². The molecule has 2 aromatic rings. The predicted molar refractivity (Wildman–Crippen MR) is 110 cm³/mol. The Labute approximate surface area is 185 Å². The number of benzene rings is 1. The Bertz CT molecular complexity index is 1220. The number of carbonyl (C=O) groups is 2. The van der Waals surface area contributed by atoms with E-state index in [1.54, 1.807) is 6.92 Å². The SMILES string of the molecule is Cc1ncc(N2C(=S)N(c3ccc(C#N)c(C(F)(F)F)c3F)C(=O)C2(C)C)cc1C(N)=O. The summed E-state index contributed by atoms with van der Waals surface area (Å²) >= 11 is 5.33. The molecule has 1 aliphatic rings. The number of amides is 2. The fourth-order valence-corrected chi connectivity index (χ4v) is 3.96. The van der Waals surface area contributed by atoms with Gasteiger partial charge in [0.05, 0.1) is 40.5 Å². The van der Waals surface area contributed by atoms with Crippen molar-refractivity contribution < 1.29 is 27.2 Å². The highest BCUT2D eigenvalue weighted by Crippen LogP contribution is 2.41. The Morgan fingerprint density at radius 1 is 1.31 bits per heavy atom. The fraction of sp³-hybridized carbons (Fsp3) is 0.250. The third-order valence-electron chi connectivity index (χ3n) is 5.03. The maximum absolute atomic E-state index is 15.0. The molecule has 7 nitrogen and oxygen atoms in total. The van der Waals surface area contributed by atoms with E-state index in [1.165, 1.54) is 37.1 Å². The number of thiocarbonyl (C=S) groups is 1. The number of aromatic nitrogens is 1. The van der Waals surface area contributed by atoms with Crippen LogP contribution in [-0.2, 0) is 11.0 Å². The third kappa shape index (κ3) is 3.44. The number of halogens is 4. The van der Waals surface area contributed by atoms with Crippen molar-refractivity contribution in [1.29, 1.82) is 5.26 Å². The zero-order chi connectivity index (χ0) is 24.2. The summed E-state index contributed by atoms with van der Waals surface area (Å²) < 4.78 is 55.3. The maximum Gasteiger partial charge on any atom is 0.420 e. The zero-order valence-corrected chi connectivity index (χ0v) is 17.7. The summed E-state index contributed by atoms with van der Waals surface area (Å²) in [6.07, 6.45) is -3.87. The van der Waals surface area contributed by atoms with Crippen LogP contribution in [0.15, 0.2) is 24.4 Å². The Balaban J connectivity index is 2.20. The summed E-state index contributed by atoms with van der Waals surface area (Å²) in [5.74, 6) is -3.40. The highest BCUT2D eigenvalue weighted by molar-refractivity contribution is 7.81. The number of anilines is 2. The number of pyridine rings is 1. The van der Waals surface area contributed by atoms with Crippen molar-refractivity contribution in [2.24, 2.45) is 5.73 Å². The van der Waals surface area contributed by atoms with Gasteiger partial charge < -0.3 is 10.6 Å². The molecule has 32 heavy (non-hydrogen) atoms. The molecular formula is C20H15F4N5O2S. The standard InChI is InChI=1S/C20H15F4N5O2S/c1-9-12(16(26)30)6-11(8-27-9)29-18(32)28(17(31)19(29,2)3)13-5-4-10(7-25)14(15(13)21)20(22,23)24/h4-6,8H,1-3H3,(H2,26,30). The summed E-state index contributed by atoms with van der Waals surface area (Å²) in [4.78, 5) is 30.8. The molecule has 0 saturated carbocycles. The molecule has 0 bridgehead atoms. The lowest BCUT2D eigenvalue weighted by atomic mass is 10.0. The number of aryl methyl sites for hydroxylation is 1. The van der Waals surface area contributed by atoms with Crippen LogP contribution in [0.5, 0.6) is 0 Å². The molecule has 1 aliphatic heterocycles. The monoisotopic (exact) mass is 465 g/mol. The van der Waals surface area contributed by atoms with Crippen LogP contribution in [0.4, 0.5) is 28.9 Å². The number of hydrogen-bond donors (Lipinski definition) is 1. The van der Waals surface area contributed by atoms with Crippen LogP contribution in [0.1, 0.15) is 41.0 Å². The van der Waals surface area contributed by atoms with E-state index in [1.807, 2.05) is 0 Å². The molecule has 12 heteroatoms. The minimum Gasteiger partial charge on any atom is -0.366 e. The number of primary amides is 1. The van der Waals surface area contributed by atoms with Gasteiger partial charge in [-0.15, -0.1) is 0 Å². The van der Waals surface area contributed by atoms with Gasteiger partial charge in [0.15, 0.2) is 10.9 Å². The van der Waals surface area contributed by atoms with E-state index in [9.17, 15) is 22.8 Å². The molecule has 166 valence electrons. The summed E-state index contributed by atoms with van der Waals surface area (Å²) in [7, 11) is 0. The molecule has 0 aliphatic carbocycles. The molecule has 2 heterocycles. The van der Waals surface area contributed by atoms with Crippen molar-refractivity contribution >= 4 is 40.5 Å². The van der Waals surface area contributed by atoms with Crippen molar-refractivity contribution in [3.8, 4) is 6.07 Å². The number of nitriles is 1. The molecular weight excluding hydrogens is 450 g/mol. The van der Waals surface area contributed by atoms with E-state index in [0.29, 0.717) is 10.6 Å². The second kappa shape index (κ2) is 7.52. The van der Waals surface area contributed by atoms with E-state index in [2.05, 4.69) is 4.98 Å². The second-order valence-electron chi connectivity index (χ2n) is 7.44. The number of rotatable bonds is 3. The van der Waals surface area contributed by atoms with Crippen LogP contribution in [0.2, 0.25) is 0 Å². The molecule has 1 aromatic heterocycles. The first-order chi connectivity index (χ1) is 14.7. The highest BCUT2D eigenvalue weighted by Gasteiger charge is 2.52. The Morgan fingerprint density at radius 3 is 2.47 bits per heavy atom. The Morgan fingerprint density at radius 2 is 1.94 bits per heavy atom. The minimum atomic E-state index is -5.18. The zero-order valence-electron chi connectivity index (χ0n) is 16.9. The van der Waals surface area contributed by atoms with Gasteiger partial charge in [0.1, 0.15) is 11.1 Å². The summed E-state index contributed by atoms with van der Waals surface area (Å²) in [6, 6.07) is 4.29. The fourth-order valence-electron chi connectivity index (χ4n) is 3.44. The van der Waals surface area contributed by atoms with Gasteiger partial charge in [0.2, 0.25) is 0 Å². The van der Waals surface area contributed by atoms with Crippen molar-refractivity contribution in [2.45, 2.75) is 32.5 Å². The molecule has 1 fully saturated rings. The molecule has 2 N–H and O–H groups in total. The normalized spacial score (nSPS) is 15.8. The van der Waals surface area contributed by atoms with Crippen molar-refractivity contribution in [2.75, 3.05) is 9.80 Å². The topological polar surface area (TPSA) is 103 Å². The van der Waals surface area contributed by atoms with E-state index in [-0.39, 0.29) is 16.4 Å². The lowest BCUT2D eigenvalue weighted by Crippen LogP contribution is -2.44. The molecule has 0 spiro atoms. The highest BCUT2D eigenvalue weighted by atomic mass is 32.1. The van der Waals surface area contributed by atoms with Gasteiger partial charge in [-0.25, -0.2) is 4.39 Å². The first-order valence-corrected chi connectivity index (χ1v) is 9.39. The quantitative estimate of drug-likeness (QED) is 0.550. The van der Waals surface area contributed by atoms with Gasteiger partial charge >= 0.3 is 6.18 Å². The van der Waals surface area contributed by atoms with E-state index >= 15 is 4.39 Å². The van der Waals surface area contributed by atoms with Crippen molar-refractivity contribution in [3.63, 3.8) is 0 Å². The van der Waals surface area contributed by atoms with Gasteiger partial charge in [-0.3, -0.25) is 19.5 Å². The number of nitrogens with zero attached hydrogens (tertiary/aromatic N) is 4. The van der Waals surface area contributed by atoms with Crippen LogP contribution in [-0.4, -0.2) is 27.4 Å².